The lowest BCUT2D eigenvalue weighted by Crippen LogP contribution is -2.22. The molecule has 2 aromatic carbocycles. The molecule has 154 valence electrons. The lowest BCUT2D eigenvalue weighted by Gasteiger charge is -2.14. The number of aryl methyl sites for hydroxylation is 1. The summed E-state index contributed by atoms with van der Waals surface area (Å²) >= 11 is 7.52. The Bertz CT molecular complexity index is 1290. The average Bonchev–Trinajstić information content (AvgIpc) is 3.17. The van der Waals surface area contributed by atoms with Gasteiger partial charge in [0.1, 0.15) is 0 Å². The Hall–Kier alpha value is -2.64. The first-order valence-corrected chi connectivity index (χ1v) is 10.8. The third-order valence-corrected chi connectivity index (χ3v) is 5.77. The van der Waals surface area contributed by atoms with Gasteiger partial charge in [0.25, 0.3) is 5.56 Å². The van der Waals surface area contributed by atoms with E-state index in [0.717, 1.165) is 11.3 Å². The zero-order valence-electron chi connectivity index (χ0n) is 17.1. The Labute approximate surface area is 183 Å². The number of hydrogen-bond donors (Lipinski definition) is 0. The SMILES string of the molecule is Cc1ccccc1-n1c(SCc2noc(C(C)(C)C)n2)nc2cc(Cl)ccc2c1=O. The largest absolute Gasteiger partial charge is 0.339 e. The fourth-order valence-electron chi connectivity index (χ4n) is 3.01. The molecular weight excluding hydrogens is 420 g/mol. The molecule has 2 aromatic heterocycles. The molecule has 0 radical (unpaired) electrons. The van der Waals surface area contributed by atoms with E-state index < -0.39 is 0 Å². The van der Waals surface area contributed by atoms with Gasteiger partial charge in [0.05, 0.1) is 22.3 Å². The predicted molar refractivity (Wildman–Crippen MR) is 120 cm³/mol. The number of para-hydroxylation sites is 1. The van der Waals surface area contributed by atoms with E-state index in [-0.39, 0.29) is 11.0 Å². The average molecular weight is 441 g/mol. The second kappa shape index (κ2) is 7.89. The Balaban J connectivity index is 1.81. The maximum Gasteiger partial charge on any atom is 0.266 e. The summed E-state index contributed by atoms with van der Waals surface area (Å²) in [6.07, 6.45) is 0. The van der Waals surface area contributed by atoms with Crippen LogP contribution in [0.2, 0.25) is 5.02 Å². The summed E-state index contributed by atoms with van der Waals surface area (Å²) in [7, 11) is 0. The number of nitrogens with zero attached hydrogens (tertiary/aromatic N) is 4. The molecule has 0 N–H and O–H groups in total. The van der Waals surface area contributed by atoms with Crippen molar-refractivity contribution in [1.82, 2.24) is 19.7 Å². The first-order chi connectivity index (χ1) is 14.2. The highest BCUT2D eigenvalue weighted by molar-refractivity contribution is 7.98. The number of benzene rings is 2. The lowest BCUT2D eigenvalue weighted by molar-refractivity contribution is 0.319. The Morgan fingerprint density at radius 1 is 1.13 bits per heavy atom. The minimum atomic E-state index is -0.225. The third kappa shape index (κ3) is 4.00. The fourth-order valence-corrected chi connectivity index (χ4v) is 4.02. The third-order valence-electron chi connectivity index (χ3n) is 4.60. The second-order valence-electron chi connectivity index (χ2n) is 8.04. The number of halogens is 1. The Morgan fingerprint density at radius 3 is 2.60 bits per heavy atom. The summed E-state index contributed by atoms with van der Waals surface area (Å²) in [6, 6.07) is 12.9. The van der Waals surface area contributed by atoms with Crippen LogP contribution in [0.15, 0.2) is 56.9 Å². The lowest BCUT2D eigenvalue weighted by atomic mass is 9.97. The summed E-state index contributed by atoms with van der Waals surface area (Å²) < 4.78 is 7.02. The minimum Gasteiger partial charge on any atom is -0.339 e. The molecule has 4 aromatic rings. The molecule has 0 saturated heterocycles. The van der Waals surface area contributed by atoms with Gasteiger partial charge in [0, 0.05) is 10.4 Å². The summed E-state index contributed by atoms with van der Waals surface area (Å²) in [5, 5.41) is 5.67. The number of fused-ring (bicyclic) bond motifs is 1. The summed E-state index contributed by atoms with van der Waals surface area (Å²) in [5.41, 5.74) is 1.96. The van der Waals surface area contributed by atoms with E-state index in [1.165, 1.54) is 11.8 Å². The first kappa shape index (κ1) is 20.6. The van der Waals surface area contributed by atoms with Crippen molar-refractivity contribution in [2.75, 3.05) is 0 Å². The maximum absolute atomic E-state index is 13.4. The van der Waals surface area contributed by atoms with Gasteiger partial charge >= 0.3 is 0 Å². The molecule has 0 spiro atoms. The van der Waals surface area contributed by atoms with E-state index in [4.69, 9.17) is 21.1 Å². The van der Waals surface area contributed by atoms with Crippen LogP contribution < -0.4 is 5.56 Å². The van der Waals surface area contributed by atoms with Crippen LogP contribution in [0, 0.1) is 6.92 Å². The van der Waals surface area contributed by atoms with Gasteiger partial charge in [0.2, 0.25) is 5.89 Å². The summed E-state index contributed by atoms with van der Waals surface area (Å²) in [4.78, 5) is 22.6. The van der Waals surface area contributed by atoms with Gasteiger partial charge in [-0.05, 0) is 36.8 Å². The molecule has 0 amide bonds. The van der Waals surface area contributed by atoms with Gasteiger partial charge in [-0.2, -0.15) is 4.98 Å². The molecule has 30 heavy (non-hydrogen) atoms. The van der Waals surface area contributed by atoms with Gasteiger partial charge in [-0.3, -0.25) is 9.36 Å². The van der Waals surface area contributed by atoms with Crippen LogP contribution in [0.4, 0.5) is 0 Å². The van der Waals surface area contributed by atoms with Crippen molar-refractivity contribution in [2.24, 2.45) is 0 Å². The fraction of sp³-hybridized carbons (Fsp3) is 0.273. The number of aromatic nitrogens is 4. The van der Waals surface area contributed by atoms with Crippen molar-refractivity contribution in [2.45, 2.75) is 44.0 Å². The van der Waals surface area contributed by atoms with E-state index in [9.17, 15) is 4.79 Å². The van der Waals surface area contributed by atoms with Crippen LogP contribution in [0.25, 0.3) is 16.6 Å². The van der Waals surface area contributed by atoms with Crippen LogP contribution in [0.1, 0.15) is 38.0 Å². The normalized spacial score (nSPS) is 11.9. The summed E-state index contributed by atoms with van der Waals surface area (Å²) in [6.45, 7) is 8.02. The summed E-state index contributed by atoms with van der Waals surface area (Å²) in [5.74, 6) is 1.55. The van der Waals surface area contributed by atoms with Crippen molar-refractivity contribution in [3.63, 3.8) is 0 Å². The quantitative estimate of drug-likeness (QED) is 0.316. The van der Waals surface area contributed by atoms with Gasteiger partial charge in [-0.25, -0.2) is 4.98 Å². The highest BCUT2D eigenvalue weighted by Crippen LogP contribution is 2.27. The molecule has 0 fully saturated rings. The zero-order chi connectivity index (χ0) is 21.5. The van der Waals surface area contributed by atoms with Gasteiger partial charge in [-0.15, -0.1) is 0 Å². The van der Waals surface area contributed by atoms with E-state index in [1.807, 2.05) is 52.0 Å². The molecule has 0 unspecified atom stereocenters. The number of rotatable bonds is 4. The molecule has 4 rings (SSSR count). The second-order valence-corrected chi connectivity index (χ2v) is 9.42. The van der Waals surface area contributed by atoms with Crippen LogP contribution >= 0.6 is 23.4 Å². The first-order valence-electron chi connectivity index (χ1n) is 9.48. The van der Waals surface area contributed by atoms with Gasteiger partial charge in [0.15, 0.2) is 11.0 Å². The standard InChI is InChI=1S/C22H21ClN4O2S/c1-13-7-5-6-8-17(13)27-19(28)15-10-9-14(23)11-16(15)24-21(27)30-12-18-25-20(29-26-18)22(2,3)4/h5-11H,12H2,1-4H3. The number of thioether (sulfide) groups is 1. The van der Waals surface area contributed by atoms with Crippen LogP contribution in [0.3, 0.4) is 0 Å². The molecule has 6 nitrogen and oxygen atoms in total. The topological polar surface area (TPSA) is 73.8 Å². The molecule has 8 heteroatoms. The minimum absolute atomic E-state index is 0.142. The Kier molecular flexibility index (Phi) is 5.42. The predicted octanol–water partition coefficient (Wildman–Crippen LogP) is 5.32. The maximum atomic E-state index is 13.4. The highest BCUT2D eigenvalue weighted by atomic mass is 35.5. The van der Waals surface area contributed by atoms with E-state index in [0.29, 0.717) is 38.5 Å². The molecule has 0 aliphatic heterocycles. The van der Waals surface area contributed by atoms with E-state index in [2.05, 4.69) is 10.1 Å². The molecule has 2 heterocycles. The van der Waals surface area contributed by atoms with Crippen molar-refractivity contribution in [3.8, 4) is 5.69 Å². The van der Waals surface area contributed by atoms with Crippen molar-refractivity contribution >= 4 is 34.3 Å². The number of hydrogen-bond acceptors (Lipinski definition) is 6. The van der Waals surface area contributed by atoms with Crippen molar-refractivity contribution in [1.29, 1.82) is 0 Å². The molecule has 0 saturated carbocycles. The van der Waals surface area contributed by atoms with Crippen LogP contribution in [-0.4, -0.2) is 19.7 Å². The highest BCUT2D eigenvalue weighted by Gasteiger charge is 2.22. The van der Waals surface area contributed by atoms with Crippen molar-refractivity contribution in [3.05, 3.63) is 75.1 Å². The molecule has 0 atom stereocenters. The molecule has 0 aliphatic rings. The zero-order valence-corrected chi connectivity index (χ0v) is 18.7. The van der Waals surface area contributed by atoms with E-state index >= 15 is 0 Å². The molecular formula is C22H21ClN4O2S. The Morgan fingerprint density at radius 2 is 1.90 bits per heavy atom. The van der Waals surface area contributed by atoms with Crippen LogP contribution in [-0.2, 0) is 11.2 Å². The molecule has 0 bridgehead atoms. The monoisotopic (exact) mass is 440 g/mol. The van der Waals surface area contributed by atoms with Gasteiger partial charge < -0.3 is 4.52 Å². The molecule has 0 aliphatic carbocycles. The smallest absolute Gasteiger partial charge is 0.266 e. The van der Waals surface area contributed by atoms with Crippen molar-refractivity contribution < 1.29 is 4.52 Å². The van der Waals surface area contributed by atoms with Gasteiger partial charge in [-0.1, -0.05) is 67.5 Å². The van der Waals surface area contributed by atoms with Crippen LogP contribution in [0.5, 0.6) is 0 Å². The van der Waals surface area contributed by atoms with E-state index in [1.54, 1.807) is 22.8 Å².